The van der Waals surface area contributed by atoms with Crippen molar-refractivity contribution in [3.05, 3.63) is 35.4 Å². The number of fused-ring (bicyclic) bond motifs is 1. The van der Waals surface area contributed by atoms with Crippen LogP contribution < -0.4 is 0 Å². The average Bonchev–Trinajstić information content (AvgIpc) is 2.87. The summed E-state index contributed by atoms with van der Waals surface area (Å²) in [6.45, 7) is 2.00. The second-order valence-electron chi connectivity index (χ2n) is 6.47. The molecule has 1 aromatic carbocycles. The molecule has 1 saturated carbocycles. The van der Waals surface area contributed by atoms with Crippen molar-refractivity contribution in [3.63, 3.8) is 0 Å². The van der Waals surface area contributed by atoms with Crippen LogP contribution in [0.4, 0.5) is 4.79 Å². The number of nitrogens with zero attached hydrogens (tertiary/aromatic N) is 1. The van der Waals surface area contributed by atoms with Gasteiger partial charge < -0.3 is 10.2 Å². The second kappa shape index (κ2) is 5.33. The number of rotatable bonds is 1. The Morgan fingerprint density at radius 3 is 2.91 bits per heavy atom. The molecule has 4 nitrogen and oxygen atoms in total. The van der Waals surface area contributed by atoms with E-state index in [1.54, 1.807) is 0 Å². The summed E-state index contributed by atoms with van der Waals surface area (Å²) in [6.07, 6.45) is 7.29. The van der Waals surface area contributed by atoms with Crippen molar-refractivity contribution in [2.24, 2.45) is 5.92 Å². The molecule has 1 aromatic rings. The maximum Gasteiger partial charge on any atom is 0.408 e. The molecule has 1 amide bonds. The molecule has 4 heteroatoms. The molecule has 0 bridgehead atoms. The Labute approximate surface area is 130 Å². The highest BCUT2D eigenvalue weighted by Crippen LogP contribution is 2.50. The van der Waals surface area contributed by atoms with Gasteiger partial charge in [-0.05, 0) is 38.2 Å². The number of carbonyl (C=O) groups is 1. The van der Waals surface area contributed by atoms with Crippen LogP contribution in [-0.2, 0) is 5.60 Å². The quantitative estimate of drug-likeness (QED) is 0.784. The lowest BCUT2D eigenvalue weighted by molar-refractivity contribution is -0.0661. The summed E-state index contributed by atoms with van der Waals surface area (Å²) in [7, 11) is 0. The van der Waals surface area contributed by atoms with Crippen LogP contribution in [0.3, 0.4) is 0 Å². The molecule has 1 unspecified atom stereocenters. The lowest BCUT2D eigenvalue weighted by atomic mass is 9.68. The monoisotopic (exact) mass is 299 g/mol. The number of terminal acetylenes is 1. The van der Waals surface area contributed by atoms with Gasteiger partial charge in [0.2, 0.25) is 0 Å². The molecule has 2 fully saturated rings. The first-order valence-corrected chi connectivity index (χ1v) is 7.74. The molecule has 1 saturated heterocycles. The summed E-state index contributed by atoms with van der Waals surface area (Å²) in [5.41, 5.74) is 0.980. The zero-order valence-corrected chi connectivity index (χ0v) is 12.7. The van der Waals surface area contributed by atoms with Crippen LogP contribution in [0.1, 0.15) is 36.8 Å². The molecule has 2 aliphatic rings. The third-order valence-corrected chi connectivity index (χ3v) is 5.24. The van der Waals surface area contributed by atoms with Crippen molar-refractivity contribution in [1.82, 2.24) is 4.90 Å². The molecule has 3 rings (SSSR count). The first kappa shape index (κ1) is 14.9. The second-order valence-corrected chi connectivity index (χ2v) is 6.47. The molecule has 1 aliphatic heterocycles. The van der Waals surface area contributed by atoms with Crippen molar-refractivity contribution in [1.29, 1.82) is 0 Å². The fourth-order valence-corrected chi connectivity index (χ4v) is 4.25. The Balaban J connectivity index is 2.01. The molecular formula is C18H21NO3. The van der Waals surface area contributed by atoms with Gasteiger partial charge in [0.05, 0.1) is 11.6 Å². The lowest BCUT2D eigenvalue weighted by Gasteiger charge is -2.43. The minimum Gasteiger partial charge on any atom is -0.465 e. The first-order valence-electron chi connectivity index (χ1n) is 7.74. The van der Waals surface area contributed by atoms with Gasteiger partial charge in [-0.3, -0.25) is 4.90 Å². The van der Waals surface area contributed by atoms with Gasteiger partial charge in [-0.2, -0.15) is 0 Å². The molecular weight excluding hydrogens is 278 g/mol. The van der Waals surface area contributed by atoms with E-state index < -0.39 is 17.7 Å². The summed E-state index contributed by atoms with van der Waals surface area (Å²) in [6, 6.07) is 7.23. The molecule has 1 heterocycles. The molecule has 22 heavy (non-hydrogen) atoms. The third kappa shape index (κ3) is 2.17. The van der Waals surface area contributed by atoms with Crippen molar-refractivity contribution in [3.8, 4) is 12.3 Å². The Hall–Kier alpha value is -1.99. The normalized spacial score (nSPS) is 34.0. The van der Waals surface area contributed by atoms with E-state index in [4.69, 9.17) is 6.42 Å². The Bertz CT molecular complexity index is 635. The van der Waals surface area contributed by atoms with Crippen LogP contribution in [-0.4, -0.2) is 33.3 Å². The van der Waals surface area contributed by atoms with E-state index in [9.17, 15) is 15.0 Å². The van der Waals surface area contributed by atoms with Crippen LogP contribution in [0.15, 0.2) is 24.3 Å². The van der Waals surface area contributed by atoms with E-state index in [0.717, 1.165) is 24.0 Å². The summed E-state index contributed by atoms with van der Waals surface area (Å²) < 4.78 is 0. The summed E-state index contributed by atoms with van der Waals surface area (Å²) in [5.74, 6) is 2.45. The number of aliphatic hydroxyl groups is 1. The van der Waals surface area contributed by atoms with Crippen molar-refractivity contribution >= 4 is 6.09 Å². The minimum absolute atomic E-state index is 0.139. The van der Waals surface area contributed by atoms with E-state index in [-0.39, 0.29) is 12.0 Å². The number of hydrogen-bond donors (Lipinski definition) is 2. The van der Waals surface area contributed by atoms with E-state index >= 15 is 0 Å². The molecule has 2 N–H and O–H groups in total. The molecule has 1 aliphatic carbocycles. The average molecular weight is 299 g/mol. The summed E-state index contributed by atoms with van der Waals surface area (Å²) in [5, 5.41) is 20.8. The van der Waals surface area contributed by atoms with E-state index in [1.807, 2.05) is 31.2 Å². The van der Waals surface area contributed by atoms with Crippen LogP contribution >= 0.6 is 0 Å². The topological polar surface area (TPSA) is 60.8 Å². The van der Waals surface area contributed by atoms with Gasteiger partial charge in [0.25, 0.3) is 0 Å². The Kier molecular flexibility index (Phi) is 3.62. The smallest absolute Gasteiger partial charge is 0.408 e. The molecule has 0 aromatic heterocycles. The highest BCUT2D eigenvalue weighted by molar-refractivity contribution is 5.67. The van der Waals surface area contributed by atoms with Gasteiger partial charge in [0, 0.05) is 12.0 Å². The van der Waals surface area contributed by atoms with Crippen LogP contribution in [0.25, 0.3) is 0 Å². The van der Waals surface area contributed by atoms with E-state index in [2.05, 4.69) is 5.92 Å². The molecule has 4 atom stereocenters. The molecule has 0 spiro atoms. The maximum absolute atomic E-state index is 11.6. The number of amides is 1. The standard InChI is InChI=1S/C18H21NO3/c1-3-14-11-15-16(19(14)17(20)21)8-5-9-18(15,22)13-7-4-6-12(2)10-13/h1,4,6-7,10,14-16,22H,5,8-9,11H2,2H3,(H,20,21)/t14?,15-,16-,18-/m1/s1. The van der Waals surface area contributed by atoms with E-state index in [1.165, 1.54) is 4.90 Å². The van der Waals surface area contributed by atoms with Gasteiger partial charge in [-0.1, -0.05) is 35.7 Å². The van der Waals surface area contributed by atoms with Crippen LogP contribution in [0, 0.1) is 25.2 Å². The maximum atomic E-state index is 11.6. The molecule has 0 radical (unpaired) electrons. The van der Waals surface area contributed by atoms with Gasteiger partial charge in [0.1, 0.15) is 0 Å². The highest BCUT2D eigenvalue weighted by atomic mass is 16.4. The Morgan fingerprint density at radius 2 is 2.27 bits per heavy atom. The van der Waals surface area contributed by atoms with Crippen molar-refractivity contribution in [2.45, 2.75) is 50.3 Å². The SMILES string of the molecule is C#CC1C[C@@H]2[C@@H](CCC[C@@]2(O)c2cccc(C)c2)N1C(=O)O. The highest BCUT2D eigenvalue weighted by Gasteiger charge is 2.54. The van der Waals surface area contributed by atoms with Gasteiger partial charge in [-0.15, -0.1) is 6.42 Å². The van der Waals surface area contributed by atoms with Gasteiger partial charge in [-0.25, -0.2) is 4.79 Å². The Morgan fingerprint density at radius 1 is 1.50 bits per heavy atom. The van der Waals surface area contributed by atoms with Crippen LogP contribution in [0.5, 0.6) is 0 Å². The number of aryl methyl sites for hydroxylation is 1. The van der Waals surface area contributed by atoms with Crippen LogP contribution in [0.2, 0.25) is 0 Å². The van der Waals surface area contributed by atoms with Crippen molar-refractivity contribution < 1.29 is 15.0 Å². The number of benzene rings is 1. The fourth-order valence-electron chi connectivity index (χ4n) is 4.25. The lowest BCUT2D eigenvalue weighted by Crippen LogP contribution is -2.49. The predicted molar refractivity (Wildman–Crippen MR) is 83.3 cm³/mol. The minimum atomic E-state index is -0.992. The summed E-state index contributed by atoms with van der Waals surface area (Å²) >= 11 is 0. The van der Waals surface area contributed by atoms with E-state index in [0.29, 0.717) is 12.8 Å². The number of likely N-dealkylation sites (tertiary alicyclic amines) is 1. The number of hydrogen-bond acceptors (Lipinski definition) is 2. The summed E-state index contributed by atoms with van der Waals surface area (Å²) in [4.78, 5) is 13.0. The predicted octanol–water partition coefficient (Wildman–Crippen LogP) is 2.74. The van der Waals surface area contributed by atoms with Gasteiger partial charge in [0.15, 0.2) is 0 Å². The van der Waals surface area contributed by atoms with Gasteiger partial charge >= 0.3 is 6.09 Å². The third-order valence-electron chi connectivity index (χ3n) is 5.24. The fraction of sp³-hybridized carbons (Fsp3) is 0.500. The largest absolute Gasteiger partial charge is 0.465 e. The molecule has 116 valence electrons. The first-order chi connectivity index (χ1) is 10.5. The number of carboxylic acid groups (broad SMARTS) is 1. The zero-order chi connectivity index (χ0) is 15.9. The zero-order valence-electron chi connectivity index (χ0n) is 12.7. The van der Waals surface area contributed by atoms with Crippen molar-refractivity contribution in [2.75, 3.05) is 0 Å².